The Hall–Kier alpha value is 5.24. The number of hydrogen-bond donors (Lipinski definition) is 0. The van der Waals surface area contributed by atoms with Crippen LogP contribution >= 0.6 is 0 Å². The van der Waals surface area contributed by atoms with Gasteiger partial charge in [-0.05, 0) is 0 Å². The van der Waals surface area contributed by atoms with E-state index in [1.807, 2.05) is 0 Å². The van der Waals surface area contributed by atoms with Crippen LogP contribution in [0.1, 0.15) is 0 Å². The van der Waals surface area contributed by atoms with Gasteiger partial charge < -0.3 is 0 Å². The number of hydrogen-bond acceptors (Lipinski definition) is 1. The third kappa shape index (κ3) is 22.8. The van der Waals surface area contributed by atoms with Gasteiger partial charge in [0.1, 0.15) is 0 Å². The first-order valence-corrected chi connectivity index (χ1v) is 0.532. The fourth-order valence-corrected chi connectivity index (χ4v) is 0. The summed E-state index contributed by atoms with van der Waals surface area (Å²) in [4.78, 5) is 0. The van der Waals surface area contributed by atoms with E-state index in [1.54, 1.807) is 0 Å². The average Bonchev–Trinajstić information content (AvgIpc) is 1.00. The van der Waals surface area contributed by atoms with Gasteiger partial charge in [0, 0.05) is 152 Å². The van der Waals surface area contributed by atoms with E-state index in [1.165, 1.54) is 0 Å². The second kappa shape index (κ2) is 31.8. The second-order valence-corrected chi connectivity index (χ2v) is 0. The van der Waals surface area contributed by atoms with Gasteiger partial charge in [-0.3, -0.25) is 0 Å². The molecule has 25 valence electrons. The van der Waals surface area contributed by atoms with Crippen LogP contribution in [0.4, 0.5) is 0 Å². The molecular formula is BaKNaNbNiO. The zero-order valence-electron chi connectivity index (χ0n) is 3.88. The van der Waals surface area contributed by atoms with Crippen molar-refractivity contribution in [1.29, 1.82) is 0 Å². The molecule has 1 nitrogen and oxygen atoms in total. The third-order valence-electron chi connectivity index (χ3n) is 0. The Morgan fingerprint density at radius 3 is 1.17 bits per heavy atom. The summed E-state index contributed by atoms with van der Waals surface area (Å²) in [5, 5.41) is 0. The molecule has 0 aromatic carbocycles. The van der Waals surface area contributed by atoms with E-state index in [0.717, 1.165) is 0 Å². The van der Waals surface area contributed by atoms with Crippen molar-refractivity contribution in [2.75, 3.05) is 0 Å². The van der Waals surface area contributed by atoms with E-state index in [2.05, 4.69) is 15.4 Å². The Kier molecular flexibility index (Phi) is 161. The maximum atomic E-state index is 7.88. The van der Waals surface area contributed by atoms with E-state index in [9.17, 15) is 0 Å². The van der Waals surface area contributed by atoms with Gasteiger partial charge >= 0.3 is 19.3 Å². The SMILES string of the molecule is [Ba].[K].[Na].[Nb].[O]=[Ni]. The standard InChI is InChI=1S/Ba.K.Na.Nb.Ni.O. The normalized spacial score (nSPS) is 1.00. The van der Waals surface area contributed by atoms with Crippen molar-refractivity contribution in [3.63, 3.8) is 0 Å². The Bertz CT molecular complexity index is 15.5. The van der Waals surface area contributed by atoms with Gasteiger partial charge in [-0.1, -0.05) is 0 Å². The molecule has 0 unspecified atom stereocenters. The molecule has 0 heterocycles. The molecule has 0 saturated heterocycles. The molecule has 0 rings (SSSR count). The Morgan fingerprint density at radius 1 is 1.17 bits per heavy atom. The molecule has 0 aromatic heterocycles. The van der Waals surface area contributed by atoms with Gasteiger partial charge in [0.25, 0.3) is 0 Å². The maximum absolute atomic E-state index is 7.88. The monoisotopic (exact) mass is 367 g/mol. The van der Waals surface area contributed by atoms with Gasteiger partial charge in [0.2, 0.25) is 0 Å². The molecule has 0 N–H and O–H groups in total. The van der Waals surface area contributed by atoms with Crippen LogP contribution in [0.5, 0.6) is 0 Å². The predicted octanol–water partition coefficient (Wildman–Crippen LogP) is -1.27. The molecule has 6 heavy (non-hydrogen) atoms. The molecule has 0 amide bonds. The Balaban J connectivity index is -0.000000000833. The second-order valence-electron chi connectivity index (χ2n) is 0. The summed E-state index contributed by atoms with van der Waals surface area (Å²) in [6.45, 7) is 0. The van der Waals surface area contributed by atoms with E-state index in [-0.39, 0.29) is 152 Å². The van der Waals surface area contributed by atoms with Gasteiger partial charge in [-0.2, -0.15) is 0 Å². The van der Waals surface area contributed by atoms with Crippen molar-refractivity contribution < 1.29 is 41.7 Å². The first-order valence-electron chi connectivity index (χ1n) is 0.129. The van der Waals surface area contributed by atoms with Crippen LogP contribution in [0.15, 0.2) is 0 Å². The van der Waals surface area contributed by atoms with Crippen LogP contribution in [0, 0.1) is 0 Å². The van der Waals surface area contributed by atoms with Crippen molar-refractivity contribution in [3.8, 4) is 0 Å². The van der Waals surface area contributed by atoms with Crippen molar-refractivity contribution in [3.05, 3.63) is 0 Å². The van der Waals surface area contributed by atoms with Crippen molar-refractivity contribution in [2.45, 2.75) is 0 Å². The van der Waals surface area contributed by atoms with Crippen LogP contribution in [0.25, 0.3) is 0 Å². The Morgan fingerprint density at radius 2 is 1.17 bits per heavy atom. The first kappa shape index (κ1) is 30.3. The van der Waals surface area contributed by atoms with Gasteiger partial charge in [-0.25, -0.2) is 0 Å². The van der Waals surface area contributed by atoms with E-state index in [4.69, 9.17) is 3.90 Å². The fourth-order valence-electron chi connectivity index (χ4n) is 0. The van der Waals surface area contributed by atoms with Crippen LogP contribution in [-0.2, 0) is 41.7 Å². The molecule has 5 radical (unpaired) electrons. The molecule has 0 bridgehead atoms. The van der Waals surface area contributed by atoms with Gasteiger partial charge in [0.05, 0.1) is 0 Å². The fraction of sp³-hybridized carbons (Fsp3) is 0. The topological polar surface area (TPSA) is 17.1 Å². The van der Waals surface area contributed by atoms with Crippen molar-refractivity contribution in [1.82, 2.24) is 0 Å². The molecule has 0 aromatic rings. The first-order chi connectivity index (χ1) is 1.00. The van der Waals surface area contributed by atoms with Crippen molar-refractivity contribution >= 4 is 130 Å². The zero-order chi connectivity index (χ0) is 2.00. The molecule has 0 saturated carbocycles. The summed E-state index contributed by atoms with van der Waals surface area (Å²) >= 11 is 2.62. The van der Waals surface area contributed by atoms with E-state index < -0.39 is 0 Å². The van der Waals surface area contributed by atoms with Crippen LogP contribution in [0.2, 0.25) is 0 Å². The zero-order valence-corrected chi connectivity index (χ0v) is 16.6. The van der Waals surface area contributed by atoms with Crippen LogP contribution < -0.4 is 0 Å². The molecule has 0 atom stereocenters. The Labute approximate surface area is 166 Å². The molecule has 6 heteroatoms. The third-order valence-corrected chi connectivity index (χ3v) is 0. The number of rotatable bonds is 0. The minimum absolute atomic E-state index is 0. The van der Waals surface area contributed by atoms with Crippen molar-refractivity contribution in [2.24, 2.45) is 0 Å². The average molecular weight is 367 g/mol. The van der Waals surface area contributed by atoms with Gasteiger partial charge in [0.15, 0.2) is 0 Å². The van der Waals surface area contributed by atoms with Gasteiger partial charge in [-0.15, -0.1) is 0 Å². The molecule has 0 aliphatic rings. The summed E-state index contributed by atoms with van der Waals surface area (Å²) in [5.41, 5.74) is 0. The quantitative estimate of drug-likeness (QED) is 0.489. The molecule has 0 aliphatic heterocycles. The molecular weight excluding hydrogens is 367 g/mol. The minimum atomic E-state index is 0. The van der Waals surface area contributed by atoms with Crippen LogP contribution in [0.3, 0.4) is 0 Å². The predicted molar refractivity (Wildman–Crippen MR) is 17.9 cm³/mol. The van der Waals surface area contributed by atoms with E-state index >= 15 is 0 Å². The van der Waals surface area contributed by atoms with E-state index in [0.29, 0.717) is 0 Å². The summed E-state index contributed by atoms with van der Waals surface area (Å²) in [6, 6.07) is 0. The molecule has 0 aliphatic carbocycles. The molecule has 0 spiro atoms. The summed E-state index contributed by atoms with van der Waals surface area (Å²) in [7, 11) is 0. The molecule has 0 fully saturated rings. The summed E-state index contributed by atoms with van der Waals surface area (Å²) < 4.78 is 7.88. The summed E-state index contributed by atoms with van der Waals surface area (Å²) in [6.07, 6.45) is 0. The summed E-state index contributed by atoms with van der Waals surface area (Å²) in [5.74, 6) is 0. The van der Waals surface area contributed by atoms with Crippen LogP contribution in [-0.4, -0.2) is 130 Å².